The molecule has 2 atom stereocenters. The van der Waals surface area contributed by atoms with Gasteiger partial charge in [0.05, 0.1) is 19.4 Å². The van der Waals surface area contributed by atoms with Crippen molar-refractivity contribution < 1.29 is 49.2 Å². The molecule has 2 unspecified atom stereocenters. The van der Waals surface area contributed by atoms with Crippen molar-refractivity contribution in [2.75, 3.05) is 13.2 Å². The van der Waals surface area contributed by atoms with E-state index in [-0.39, 0.29) is 6.61 Å². The number of aliphatic carboxylic acids is 3. The molecule has 0 aliphatic carbocycles. The Kier molecular flexibility index (Phi) is 10.3. The second-order valence-corrected chi connectivity index (χ2v) is 5.33. The van der Waals surface area contributed by atoms with Gasteiger partial charge in [-0.05, 0) is 6.42 Å². The second kappa shape index (κ2) is 11.3. The van der Waals surface area contributed by atoms with E-state index in [9.17, 15) is 24.3 Å². The molecule has 11 nitrogen and oxygen atoms in total. The van der Waals surface area contributed by atoms with Crippen molar-refractivity contribution in [3.63, 3.8) is 0 Å². The summed E-state index contributed by atoms with van der Waals surface area (Å²) < 4.78 is 4.59. The number of carboxylic acids is 3. The van der Waals surface area contributed by atoms with E-state index in [4.69, 9.17) is 20.2 Å². The van der Waals surface area contributed by atoms with Crippen LogP contribution < -0.4 is 5.48 Å². The van der Waals surface area contributed by atoms with Crippen LogP contribution in [-0.4, -0.2) is 69.2 Å². The number of unbranched alkanes of at least 4 members (excludes halogenated alkanes) is 2. The Hall–Kier alpha value is -2.24. The highest BCUT2D eigenvalue weighted by Gasteiger charge is 2.41. The van der Waals surface area contributed by atoms with Crippen LogP contribution in [0.4, 0.5) is 0 Å². The van der Waals surface area contributed by atoms with Crippen LogP contribution in [0.25, 0.3) is 0 Å². The van der Waals surface area contributed by atoms with E-state index in [2.05, 4.69) is 10.2 Å². The number of esters is 1. The summed E-state index contributed by atoms with van der Waals surface area (Å²) in [4.78, 5) is 49.0. The molecule has 0 amide bonds. The summed E-state index contributed by atoms with van der Waals surface area (Å²) in [5.41, 5.74) is -0.640. The van der Waals surface area contributed by atoms with Crippen molar-refractivity contribution in [2.45, 2.75) is 50.7 Å². The predicted molar refractivity (Wildman–Crippen MR) is 80.5 cm³/mol. The Bertz CT molecular complexity index is 480. The summed E-state index contributed by atoms with van der Waals surface area (Å²) in [6, 6.07) is -1.40. The monoisotopic (exact) mass is 365 g/mol. The zero-order chi connectivity index (χ0) is 19.5. The van der Waals surface area contributed by atoms with E-state index >= 15 is 0 Å². The lowest BCUT2D eigenvalue weighted by molar-refractivity contribution is -0.173. The molecular weight excluding hydrogens is 342 g/mol. The first-order valence-electron chi connectivity index (χ1n) is 7.55. The first-order valence-corrected chi connectivity index (χ1v) is 7.55. The van der Waals surface area contributed by atoms with Crippen molar-refractivity contribution in [1.29, 1.82) is 0 Å². The fourth-order valence-corrected chi connectivity index (χ4v) is 1.67. The lowest BCUT2D eigenvalue weighted by atomic mass is 9.96. The molecule has 0 fully saturated rings. The maximum absolute atomic E-state index is 11.6. The van der Waals surface area contributed by atoms with Crippen LogP contribution in [0, 0.1) is 0 Å². The van der Waals surface area contributed by atoms with Gasteiger partial charge in [0.25, 0.3) is 0 Å². The van der Waals surface area contributed by atoms with Crippen LogP contribution in [0.3, 0.4) is 0 Å². The van der Waals surface area contributed by atoms with Crippen molar-refractivity contribution in [3.05, 3.63) is 0 Å². The minimum absolute atomic E-state index is 0.253. The number of aliphatic hydroxyl groups is 1. The van der Waals surface area contributed by atoms with Gasteiger partial charge >= 0.3 is 23.9 Å². The number of hydrogen-bond donors (Lipinski definition) is 5. The Labute approximate surface area is 143 Å². The third-order valence-corrected chi connectivity index (χ3v) is 3.06. The molecule has 0 bridgehead atoms. The molecule has 5 N–H and O–H groups in total. The number of hydrogen-bond acceptors (Lipinski definition) is 8. The molecule has 0 aromatic rings. The van der Waals surface area contributed by atoms with Gasteiger partial charge in [-0.25, -0.2) is 4.79 Å². The van der Waals surface area contributed by atoms with Crippen LogP contribution in [0.5, 0.6) is 0 Å². The third kappa shape index (κ3) is 9.59. The van der Waals surface area contributed by atoms with Gasteiger partial charge in [-0.3, -0.25) is 14.4 Å². The lowest BCUT2D eigenvalue weighted by Gasteiger charge is -2.21. The fraction of sp³-hybridized carbons (Fsp3) is 0.714. The molecule has 0 saturated carbocycles. The van der Waals surface area contributed by atoms with Crippen molar-refractivity contribution in [3.8, 4) is 0 Å². The zero-order valence-corrected chi connectivity index (χ0v) is 13.8. The smallest absolute Gasteiger partial charge is 0.336 e. The van der Waals surface area contributed by atoms with Crippen LogP contribution in [0.1, 0.15) is 39.0 Å². The number of hydroxylamine groups is 1. The zero-order valence-electron chi connectivity index (χ0n) is 13.8. The van der Waals surface area contributed by atoms with Gasteiger partial charge in [-0.15, -0.1) is 0 Å². The molecule has 0 spiro atoms. The molecule has 25 heavy (non-hydrogen) atoms. The van der Waals surface area contributed by atoms with Gasteiger partial charge in [-0.1, -0.05) is 19.8 Å². The van der Waals surface area contributed by atoms with Crippen molar-refractivity contribution in [2.24, 2.45) is 0 Å². The van der Waals surface area contributed by atoms with E-state index in [1.807, 2.05) is 6.92 Å². The molecule has 0 radical (unpaired) electrons. The summed E-state index contributed by atoms with van der Waals surface area (Å²) in [6.45, 7) is 1.54. The fourth-order valence-electron chi connectivity index (χ4n) is 1.67. The summed E-state index contributed by atoms with van der Waals surface area (Å²) in [5, 5.41) is 36.1. The maximum Gasteiger partial charge on any atom is 0.336 e. The van der Waals surface area contributed by atoms with E-state index in [1.54, 1.807) is 0 Å². The number of nitrogens with one attached hydrogen (secondary N) is 1. The molecule has 0 aromatic heterocycles. The maximum atomic E-state index is 11.6. The summed E-state index contributed by atoms with van der Waals surface area (Å²) in [6.07, 6.45) is 0.200. The van der Waals surface area contributed by atoms with Gasteiger partial charge in [0, 0.05) is 0 Å². The van der Waals surface area contributed by atoms with Gasteiger partial charge in [0.2, 0.25) is 0 Å². The lowest BCUT2D eigenvalue weighted by Crippen LogP contribution is -2.45. The minimum Gasteiger partial charge on any atom is -0.481 e. The number of carbonyl (C=O) groups excluding carboxylic acids is 1. The molecule has 0 aromatic carbocycles. The predicted octanol–water partition coefficient (Wildman–Crippen LogP) is -0.625. The van der Waals surface area contributed by atoms with Crippen molar-refractivity contribution >= 4 is 23.9 Å². The Balaban J connectivity index is 4.47. The normalized spacial score (nSPS) is 14.3. The number of ether oxygens (including phenoxy) is 1. The molecule has 0 aliphatic rings. The number of carboxylic acid groups (broad SMARTS) is 3. The first kappa shape index (κ1) is 22.8. The highest BCUT2D eigenvalue weighted by atomic mass is 16.7. The van der Waals surface area contributed by atoms with Crippen LogP contribution in [0.2, 0.25) is 0 Å². The quantitative estimate of drug-likeness (QED) is 0.150. The second-order valence-electron chi connectivity index (χ2n) is 5.33. The minimum atomic E-state index is -2.84. The standard InChI is InChI=1S/C14H23NO10/c1-2-3-4-5-25-15-9(12(19)20)8-24-11(18)7-14(23,13(21)22)6-10(16)17/h9,15,23H,2-8H2,1H3,(H,16,17)(H,19,20)(H,21,22). The van der Waals surface area contributed by atoms with Crippen LogP contribution in [0.15, 0.2) is 0 Å². The van der Waals surface area contributed by atoms with Gasteiger partial charge in [-0.2, -0.15) is 5.48 Å². The Morgan fingerprint density at radius 3 is 2.20 bits per heavy atom. The number of rotatable bonds is 14. The topological polar surface area (TPSA) is 180 Å². The first-order chi connectivity index (χ1) is 11.6. The molecule has 0 aliphatic heterocycles. The van der Waals surface area contributed by atoms with Gasteiger partial charge in [0.1, 0.15) is 6.61 Å². The molecule has 0 saturated heterocycles. The SMILES string of the molecule is CCCCCONC(COC(=O)CC(O)(CC(=O)O)C(=O)O)C(=O)O. The Morgan fingerprint density at radius 2 is 1.72 bits per heavy atom. The van der Waals surface area contributed by atoms with Gasteiger partial charge < -0.3 is 30.0 Å². The highest BCUT2D eigenvalue weighted by Crippen LogP contribution is 2.17. The van der Waals surface area contributed by atoms with E-state index in [1.165, 1.54) is 0 Å². The molecule has 0 rings (SSSR count). The van der Waals surface area contributed by atoms with E-state index < -0.39 is 55.0 Å². The molecule has 11 heteroatoms. The summed E-state index contributed by atoms with van der Waals surface area (Å²) >= 11 is 0. The molecule has 0 heterocycles. The number of carbonyl (C=O) groups is 4. The largest absolute Gasteiger partial charge is 0.481 e. The molecule has 144 valence electrons. The van der Waals surface area contributed by atoms with Crippen molar-refractivity contribution in [1.82, 2.24) is 5.48 Å². The van der Waals surface area contributed by atoms with E-state index in [0.717, 1.165) is 12.8 Å². The highest BCUT2D eigenvalue weighted by molar-refractivity contribution is 5.88. The summed E-state index contributed by atoms with van der Waals surface area (Å²) in [5.74, 6) is -6.16. The molecular formula is C14H23NO10. The summed E-state index contributed by atoms with van der Waals surface area (Å²) in [7, 11) is 0. The Morgan fingerprint density at radius 1 is 1.08 bits per heavy atom. The van der Waals surface area contributed by atoms with E-state index in [0.29, 0.717) is 6.42 Å². The van der Waals surface area contributed by atoms with Crippen LogP contribution >= 0.6 is 0 Å². The van der Waals surface area contributed by atoms with Gasteiger partial charge in [0.15, 0.2) is 11.6 Å². The average molecular weight is 365 g/mol. The van der Waals surface area contributed by atoms with Crippen LogP contribution in [-0.2, 0) is 28.8 Å². The third-order valence-electron chi connectivity index (χ3n) is 3.06. The average Bonchev–Trinajstić information content (AvgIpc) is 2.48.